The highest BCUT2D eigenvalue weighted by atomic mass is 19.4. The number of furan rings is 1. The van der Waals surface area contributed by atoms with Crippen LogP contribution in [0.15, 0.2) is 65.5 Å². The van der Waals surface area contributed by atoms with E-state index < -0.39 is 17.6 Å². The molecular weight excluding hydrogens is 347 g/mol. The Morgan fingerprint density at radius 2 is 1.85 bits per heavy atom. The SMILES string of the molecule is O=C(Nc1ccc(C(F)(F)F)cc1)c1cncc(NCc2ccco2)c1. The zero-order chi connectivity index (χ0) is 18.6. The lowest BCUT2D eigenvalue weighted by Gasteiger charge is -2.10. The molecule has 1 amide bonds. The van der Waals surface area contributed by atoms with Crippen molar-refractivity contribution in [2.24, 2.45) is 0 Å². The van der Waals surface area contributed by atoms with E-state index in [9.17, 15) is 18.0 Å². The molecule has 2 heterocycles. The van der Waals surface area contributed by atoms with Gasteiger partial charge in [-0.15, -0.1) is 0 Å². The van der Waals surface area contributed by atoms with Gasteiger partial charge in [0.2, 0.25) is 0 Å². The number of carbonyl (C=O) groups is 1. The molecule has 3 aromatic rings. The first-order valence-electron chi connectivity index (χ1n) is 7.62. The van der Waals surface area contributed by atoms with Crippen molar-refractivity contribution in [3.8, 4) is 0 Å². The number of aromatic nitrogens is 1. The lowest BCUT2D eigenvalue weighted by molar-refractivity contribution is -0.137. The summed E-state index contributed by atoms with van der Waals surface area (Å²) in [5.41, 5.74) is 0.369. The second kappa shape index (κ2) is 7.30. The van der Waals surface area contributed by atoms with Crippen molar-refractivity contribution in [1.82, 2.24) is 4.98 Å². The minimum absolute atomic E-state index is 0.261. The first-order chi connectivity index (χ1) is 12.4. The van der Waals surface area contributed by atoms with Gasteiger partial charge in [0.15, 0.2) is 0 Å². The van der Waals surface area contributed by atoms with E-state index in [2.05, 4.69) is 15.6 Å². The third-order valence-corrected chi connectivity index (χ3v) is 3.52. The van der Waals surface area contributed by atoms with Gasteiger partial charge >= 0.3 is 6.18 Å². The Kier molecular flexibility index (Phi) is 4.92. The summed E-state index contributed by atoms with van der Waals surface area (Å²) in [6, 6.07) is 9.39. The minimum atomic E-state index is -4.42. The smallest absolute Gasteiger partial charge is 0.416 e. The Hall–Kier alpha value is -3.29. The summed E-state index contributed by atoms with van der Waals surface area (Å²) >= 11 is 0. The van der Waals surface area contributed by atoms with Crippen LogP contribution in [0.4, 0.5) is 24.5 Å². The molecule has 0 aliphatic heterocycles. The zero-order valence-electron chi connectivity index (χ0n) is 13.4. The molecule has 3 rings (SSSR count). The molecule has 0 radical (unpaired) electrons. The molecule has 0 aliphatic rings. The molecule has 1 aromatic carbocycles. The van der Waals surface area contributed by atoms with Gasteiger partial charge in [-0.2, -0.15) is 13.2 Å². The van der Waals surface area contributed by atoms with E-state index in [0.29, 0.717) is 12.2 Å². The monoisotopic (exact) mass is 361 g/mol. The number of hydrogen-bond acceptors (Lipinski definition) is 4. The predicted octanol–water partition coefficient (Wildman–Crippen LogP) is 4.56. The number of anilines is 2. The van der Waals surface area contributed by atoms with Crippen molar-refractivity contribution in [2.45, 2.75) is 12.7 Å². The lowest BCUT2D eigenvalue weighted by Crippen LogP contribution is -2.13. The van der Waals surface area contributed by atoms with E-state index in [0.717, 1.165) is 17.9 Å². The minimum Gasteiger partial charge on any atom is -0.467 e. The van der Waals surface area contributed by atoms with E-state index in [1.54, 1.807) is 24.6 Å². The van der Waals surface area contributed by atoms with Crippen molar-refractivity contribution in [2.75, 3.05) is 10.6 Å². The first-order valence-corrected chi connectivity index (χ1v) is 7.62. The van der Waals surface area contributed by atoms with Crippen LogP contribution in [0, 0.1) is 0 Å². The molecule has 134 valence electrons. The molecule has 5 nitrogen and oxygen atoms in total. The second-order valence-electron chi connectivity index (χ2n) is 5.42. The zero-order valence-corrected chi connectivity index (χ0v) is 13.4. The number of alkyl halides is 3. The molecule has 0 unspecified atom stereocenters. The molecule has 2 aromatic heterocycles. The number of pyridine rings is 1. The van der Waals surface area contributed by atoms with Crippen LogP contribution in [0.2, 0.25) is 0 Å². The van der Waals surface area contributed by atoms with Crippen LogP contribution in [0.25, 0.3) is 0 Å². The number of benzene rings is 1. The third kappa shape index (κ3) is 4.41. The standard InChI is InChI=1S/C18H14F3N3O2/c19-18(20,21)13-3-5-14(6-4-13)24-17(25)12-8-15(10-22-9-12)23-11-16-2-1-7-26-16/h1-10,23H,11H2,(H,24,25). The van der Waals surface area contributed by atoms with Crippen LogP contribution in [-0.4, -0.2) is 10.9 Å². The second-order valence-corrected chi connectivity index (χ2v) is 5.42. The summed E-state index contributed by atoms with van der Waals surface area (Å²) in [7, 11) is 0. The average Bonchev–Trinajstić information content (AvgIpc) is 3.13. The number of amides is 1. The third-order valence-electron chi connectivity index (χ3n) is 3.52. The summed E-state index contributed by atoms with van der Waals surface area (Å²) in [5.74, 6) is 0.253. The number of nitrogens with one attached hydrogen (secondary N) is 2. The molecule has 0 saturated carbocycles. The summed E-state index contributed by atoms with van der Waals surface area (Å²) in [6.45, 7) is 0.429. The summed E-state index contributed by atoms with van der Waals surface area (Å²) in [6.07, 6.45) is 0.0684. The maximum atomic E-state index is 12.6. The van der Waals surface area contributed by atoms with Crippen molar-refractivity contribution in [1.29, 1.82) is 0 Å². The van der Waals surface area contributed by atoms with Gasteiger partial charge in [0.25, 0.3) is 5.91 Å². The molecule has 0 saturated heterocycles. The van der Waals surface area contributed by atoms with Gasteiger partial charge in [0, 0.05) is 18.1 Å². The van der Waals surface area contributed by atoms with Crippen LogP contribution in [0.3, 0.4) is 0 Å². The molecule has 0 spiro atoms. The van der Waals surface area contributed by atoms with Crippen LogP contribution in [0.1, 0.15) is 21.7 Å². The summed E-state index contributed by atoms with van der Waals surface area (Å²) < 4.78 is 42.9. The van der Waals surface area contributed by atoms with E-state index in [1.165, 1.54) is 18.3 Å². The highest BCUT2D eigenvalue weighted by Crippen LogP contribution is 2.29. The summed E-state index contributed by atoms with van der Waals surface area (Å²) in [5, 5.41) is 5.61. The Morgan fingerprint density at radius 3 is 2.50 bits per heavy atom. The molecule has 0 aliphatic carbocycles. The van der Waals surface area contributed by atoms with Crippen LogP contribution >= 0.6 is 0 Å². The van der Waals surface area contributed by atoms with Gasteiger partial charge in [-0.25, -0.2) is 0 Å². The number of rotatable bonds is 5. The largest absolute Gasteiger partial charge is 0.467 e. The predicted molar refractivity (Wildman–Crippen MR) is 89.7 cm³/mol. The Morgan fingerprint density at radius 1 is 1.08 bits per heavy atom. The maximum Gasteiger partial charge on any atom is 0.416 e. The Labute approximate surface area is 146 Å². The van der Waals surface area contributed by atoms with Gasteiger partial charge < -0.3 is 15.1 Å². The maximum absolute atomic E-state index is 12.6. The fourth-order valence-corrected chi connectivity index (χ4v) is 2.21. The lowest BCUT2D eigenvalue weighted by atomic mass is 10.2. The van der Waals surface area contributed by atoms with E-state index in [-0.39, 0.29) is 11.3 Å². The fourth-order valence-electron chi connectivity index (χ4n) is 2.21. The first kappa shape index (κ1) is 17.5. The van der Waals surface area contributed by atoms with Gasteiger partial charge in [0.1, 0.15) is 5.76 Å². The topological polar surface area (TPSA) is 67.2 Å². The molecule has 26 heavy (non-hydrogen) atoms. The normalized spacial score (nSPS) is 11.2. The average molecular weight is 361 g/mol. The van der Waals surface area contributed by atoms with E-state index in [1.807, 2.05) is 6.07 Å². The van der Waals surface area contributed by atoms with Crippen molar-refractivity contribution in [3.63, 3.8) is 0 Å². The molecule has 2 N–H and O–H groups in total. The molecular formula is C18H14F3N3O2. The van der Waals surface area contributed by atoms with Gasteiger partial charge in [-0.1, -0.05) is 0 Å². The van der Waals surface area contributed by atoms with Crippen LogP contribution in [-0.2, 0) is 12.7 Å². The quantitative estimate of drug-likeness (QED) is 0.699. The number of nitrogens with zero attached hydrogens (tertiary/aromatic N) is 1. The van der Waals surface area contributed by atoms with Crippen LogP contribution in [0.5, 0.6) is 0 Å². The van der Waals surface area contributed by atoms with E-state index >= 15 is 0 Å². The molecule has 0 fully saturated rings. The highest BCUT2D eigenvalue weighted by molar-refractivity contribution is 6.04. The highest BCUT2D eigenvalue weighted by Gasteiger charge is 2.30. The Bertz CT molecular complexity index is 875. The number of carbonyl (C=O) groups excluding carboxylic acids is 1. The van der Waals surface area contributed by atoms with Gasteiger partial charge in [-0.3, -0.25) is 9.78 Å². The summed E-state index contributed by atoms with van der Waals surface area (Å²) in [4.78, 5) is 16.3. The molecule has 0 atom stereocenters. The Balaban J connectivity index is 1.65. The molecule has 8 heteroatoms. The number of halogens is 3. The van der Waals surface area contributed by atoms with Gasteiger partial charge in [-0.05, 0) is 42.5 Å². The van der Waals surface area contributed by atoms with Crippen LogP contribution < -0.4 is 10.6 Å². The van der Waals surface area contributed by atoms with E-state index in [4.69, 9.17) is 4.42 Å². The molecule has 0 bridgehead atoms. The van der Waals surface area contributed by atoms with Crippen molar-refractivity contribution < 1.29 is 22.4 Å². The fraction of sp³-hybridized carbons (Fsp3) is 0.111. The van der Waals surface area contributed by atoms with Crippen molar-refractivity contribution >= 4 is 17.3 Å². The number of hydrogen-bond donors (Lipinski definition) is 2. The van der Waals surface area contributed by atoms with Gasteiger partial charge in [0.05, 0.1) is 29.6 Å². The van der Waals surface area contributed by atoms with Crippen molar-refractivity contribution in [3.05, 3.63) is 78.0 Å².